The van der Waals surface area contributed by atoms with Crippen molar-refractivity contribution in [3.63, 3.8) is 0 Å². The minimum atomic E-state index is -0.460. The quantitative estimate of drug-likeness (QED) is 0.670. The van der Waals surface area contributed by atoms with Crippen LogP contribution in [0.25, 0.3) is 11.1 Å². The summed E-state index contributed by atoms with van der Waals surface area (Å²) in [6.07, 6.45) is 0.425. The molecule has 3 aromatic rings. The smallest absolute Gasteiger partial charge is 0.254 e. The molecule has 0 radical (unpaired) electrons. The molecule has 1 saturated heterocycles. The van der Waals surface area contributed by atoms with Gasteiger partial charge in [0.15, 0.2) is 5.82 Å². The fourth-order valence-corrected chi connectivity index (χ4v) is 3.40. The molecule has 2 heterocycles. The highest BCUT2D eigenvalue weighted by atomic mass is 16.6. The first-order valence-electron chi connectivity index (χ1n) is 9.18. The van der Waals surface area contributed by atoms with E-state index in [1.54, 1.807) is 17.0 Å². The predicted molar refractivity (Wildman–Crippen MR) is 105 cm³/mol. The van der Waals surface area contributed by atoms with Crippen molar-refractivity contribution in [1.82, 2.24) is 15.0 Å². The van der Waals surface area contributed by atoms with Gasteiger partial charge in [0.05, 0.1) is 12.3 Å². The van der Waals surface area contributed by atoms with Gasteiger partial charge in [0.2, 0.25) is 5.89 Å². The highest BCUT2D eigenvalue weighted by molar-refractivity contribution is 6.00. The summed E-state index contributed by atoms with van der Waals surface area (Å²) >= 11 is 0. The zero-order valence-electron chi connectivity index (χ0n) is 15.9. The van der Waals surface area contributed by atoms with E-state index in [9.17, 15) is 9.90 Å². The molecule has 0 aliphatic carbocycles. The van der Waals surface area contributed by atoms with Crippen LogP contribution in [0.1, 0.15) is 34.5 Å². The molecule has 0 unspecified atom stereocenters. The maximum absolute atomic E-state index is 13.2. The number of aliphatic hydroxyl groups excluding tert-OH is 1. The van der Waals surface area contributed by atoms with Gasteiger partial charge in [-0.25, -0.2) is 0 Å². The predicted octanol–water partition coefficient (Wildman–Crippen LogP) is 2.82. The zero-order valence-corrected chi connectivity index (χ0v) is 15.9. The number of aromatic nitrogens is 2. The summed E-state index contributed by atoms with van der Waals surface area (Å²) in [6.45, 7) is -0.0290. The van der Waals surface area contributed by atoms with Gasteiger partial charge in [-0.3, -0.25) is 4.79 Å². The normalized spacial score (nSPS) is 17.7. The van der Waals surface area contributed by atoms with Crippen molar-refractivity contribution in [2.45, 2.75) is 19.1 Å². The van der Waals surface area contributed by atoms with Crippen LogP contribution in [0.5, 0.6) is 0 Å². The number of aliphatic hydroxyl groups is 1. The third-order valence-corrected chi connectivity index (χ3v) is 4.79. The number of nitrogens with zero attached hydrogens (tertiary/aromatic N) is 4. The van der Waals surface area contributed by atoms with Crippen LogP contribution in [-0.4, -0.2) is 45.4 Å². The lowest BCUT2D eigenvalue weighted by Crippen LogP contribution is -2.31. The highest BCUT2D eigenvalue weighted by Crippen LogP contribution is 2.31. The van der Waals surface area contributed by atoms with Crippen LogP contribution >= 0.6 is 0 Å². The Labute approximate surface area is 167 Å². The molecule has 148 valence electrons. The van der Waals surface area contributed by atoms with E-state index in [0.29, 0.717) is 24.2 Å². The van der Waals surface area contributed by atoms with Crippen molar-refractivity contribution in [1.29, 1.82) is 0 Å². The second kappa shape index (κ2) is 8.24. The van der Waals surface area contributed by atoms with E-state index < -0.39 is 6.04 Å². The van der Waals surface area contributed by atoms with E-state index in [0.717, 1.165) is 11.1 Å². The van der Waals surface area contributed by atoms with Crippen LogP contribution in [0.2, 0.25) is 0 Å². The van der Waals surface area contributed by atoms with E-state index in [2.05, 4.69) is 15.3 Å². The molecule has 1 aromatic heterocycles. The summed E-state index contributed by atoms with van der Waals surface area (Å²) in [5.41, 5.74) is 3.37. The van der Waals surface area contributed by atoms with Crippen LogP contribution in [-0.2, 0) is 11.4 Å². The SMILES string of the molecule is CO/N=C1/C[C@@H](c2nc(CO)no2)N(C(=O)c2ccc(-c3ccccc3)cc2)C1. The Bertz CT molecular complexity index is 1010. The second-order valence-electron chi connectivity index (χ2n) is 6.64. The van der Waals surface area contributed by atoms with Gasteiger partial charge in [-0.1, -0.05) is 52.8 Å². The fraction of sp³-hybridized carbons (Fsp3) is 0.238. The monoisotopic (exact) mass is 392 g/mol. The summed E-state index contributed by atoms with van der Waals surface area (Å²) in [6, 6.07) is 17.0. The van der Waals surface area contributed by atoms with Gasteiger partial charge in [0.1, 0.15) is 19.8 Å². The summed E-state index contributed by atoms with van der Waals surface area (Å²) in [5, 5.41) is 16.9. The van der Waals surface area contributed by atoms with Crippen LogP contribution in [0.15, 0.2) is 64.3 Å². The number of likely N-dealkylation sites (tertiary alicyclic amines) is 1. The molecule has 2 aromatic carbocycles. The van der Waals surface area contributed by atoms with Gasteiger partial charge in [0.25, 0.3) is 5.91 Å². The minimum Gasteiger partial charge on any atom is -0.399 e. The number of oxime groups is 1. The van der Waals surface area contributed by atoms with E-state index in [1.165, 1.54) is 7.11 Å². The largest absolute Gasteiger partial charge is 0.399 e. The molecule has 1 atom stereocenters. The Hall–Kier alpha value is -3.52. The first-order valence-corrected chi connectivity index (χ1v) is 9.18. The van der Waals surface area contributed by atoms with E-state index in [-0.39, 0.29) is 24.2 Å². The molecule has 4 rings (SSSR count). The Morgan fingerprint density at radius 3 is 2.59 bits per heavy atom. The third-order valence-electron chi connectivity index (χ3n) is 4.79. The van der Waals surface area contributed by atoms with Gasteiger partial charge in [-0.15, -0.1) is 0 Å². The molecule has 1 fully saturated rings. The van der Waals surface area contributed by atoms with Crippen LogP contribution in [0.4, 0.5) is 0 Å². The van der Waals surface area contributed by atoms with Gasteiger partial charge in [-0.2, -0.15) is 4.98 Å². The summed E-state index contributed by atoms with van der Waals surface area (Å²) in [5.74, 6) is 0.279. The molecule has 0 saturated carbocycles. The Kier molecular flexibility index (Phi) is 5.35. The average Bonchev–Trinajstić information content (AvgIpc) is 3.41. The number of hydrogen-bond acceptors (Lipinski definition) is 7. The fourth-order valence-electron chi connectivity index (χ4n) is 3.40. The Balaban J connectivity index is 1.60. The number of carbonyl (C=O) groups excluding carboxylic acids is 1. The van der Waals surface area contributed by atoms with Crippen LogP contribution < -0.4 is 0 Å². The molecule has 8 nitrogen and oxygen atoms in total. The zero-order chi connectivity index (χ0) is 20.2. The summed E-state index contributed by atoms with van der Waals surface area (Å²) in [7, 11) is 1.46. The first kappa shape index (κ1) is 18.8. The number of hydrogen-bond donors (Lipinski definition) is 1. The maximum Gasteiger partial charge on any atom is 0.254 e. The summed E-state index contributed by atoms with van der Waals surface area (Å²) < 4.78 is 5.25. The molecule has 1 amide bonds. The molecule has 1 aliphatic rings. The topological polar surface area (TPSA) is 101 Å². The third kappa shape index (κ3) is 3.88. The highest BCUT2D eigenvalue weighted by Gasteiger charge is 2.38. The lowest BCUT2D eigenvalue weighted by molar-refractivity contribution is 0.0713. The Morgan fingerprint density at radius 1 is 1.21 bits per heavy atom. The standard InChI is InChI=1S/C21H20N4O4/c1-28-23-17-11-18(20-22-19(13-26)24-29-20)25(12-17)21(27)16-9-7-15(8-10-16)14-5-3-2-4-6-14/h2-10,18,26H,11-13H2,1H3/b23-17-/t18-/m0/s1. The van der Waals surface area contributed by atoms with Crippen molar-refractivity contribution in [3.8, 4) is 11.1 Å². The number of amides is 1. The van der Waals surface area contributed by atoms with E-state index in [1.807, 2.05) is 42.5 Å². The number of benzene rings is 2. The number of carbonyl (C=O) groups is 1. The molecule has 0 bridgehead atoms. The Morgan fingerprint density at radius 2 is 1.93 bits per heavy atom. The molecular weight excluding hydrogens is 372 g/mol. The van der Waals surface area contributed by atoms with Gasteiger partial charge in [-0.05, 0) is 23.3 Å². The van der Waals surface area contributed by atoms with Crippen LogP contribution in [0.3, 0.4) is 0 Å². The van der Waals surface area contributed by atoms with Crippen molar-refractivity contribution < 1.29 is 19.3 Å². The van der Waals surface area contributed by atoms with Gasteiger partial charge >= 0.3 is 0 Å². The maximum atomic E-state index is 13.2. The molecule has 29 heavy (non-hydrogen) atoms. The van der Waals surface area contributed by atoms with Crippen molar-refractivity contribution in [3.05, 3.63) is 71.9 Å². The average molecular weight is 392 g/mol. The summed E-state index contributed by atoms with van der Waals surface area (Å²) in [4.78, 5) is 23.9. The van der Waals surface area contributed by atoms with E-state index >= 15 is 0 Å². The first-order chi connectivity index (χ1) is 14.2. The van der Waals surface area contributed by atoms with Crippen molar-refractivity contribution in [2.24, 2.45) is 5.16 Å². The van der Waals surface area contributed by atoms with Crippen LogP contribution in [0, 0.1) is 0 Å². The molecular formula is C21H20N4O4. The number of rotatable bonds is 5. The van der Waals surface area contributed by atoms with Crippen molar-refractivity contribution in [2.75, 3.05) is 13.7 Å². The molecule has 1 aliphatic heterocycles. The molecule has 8 heteroatoms. The van der Waals surface area contributed by atoms with Gasteiger partial charge < -0.3 is 19.4 Å². The molecule has 1 N–H and O–H groups in total. The van der Waals surface area contributed by atoms with E-state index in [4.69, 9.17) is 9.36 Å². The van der Waals surface area contributed by atoms with Crippen molar-refractivity contribution >= 4 is 11.6 Å². The minimum absolute atomic E-state index is 0.167. The lowest BCUT2D eigenvalue weighted by atomic mass is 10.0. The lowest BCUT2D eigenvalue weighted by Gasteiger charge is -2.21. The molecule has 0 spiro atoms. The van der Waals surface area contributed by atoms with Gasteiger partial charge in [0, 0.05) is 12.0 Å². The second-order valence-corrected chi connectivity index (χ2v) is 6.64.